The van der Waals surface area contributed by atoms with E-state index in [1.54, 1.807) is 6.92 Å². The molecule has 2 heterocycles. The molecule has 14 heteroatoms. The van der Waals surface area contributed by atoms with Crippen molar-refractivity contribution in [2.45, 2.75) is 70.7 Å². The van der Waals surface area contributed by atoms with E-state index in [1.807, 2.05) is 6.07 Å². The molecule has 0 bridgehead atoms. The van der Waals surface area contributed by atoms with Crippen LogP contribution < -0.4 is 10.1 Å². The number of amides is 1. The first-order valence-electron chi connectivity index (χ1n) is 13.0. The number of nitrogens with one attached hydrogen (secondary N) is 1. The number of carbonyl (C=O) groups excluding carboxylic acids is 1. The summed E-state index contributed by atoms with van der Waals surface area (Å²) in [5.74, 6) is -0.211. The Morgan fingerprint density at radius 3 is 2.39 bits per heavy atom. The SMILES string of the molecule is CCc1nc(C(=O)NCC2(C#N)CCC(S(C)(=O)=O)CC2)c(C#N)n1-c1ncc(CC(C)(C)C(F)(F)F)cc1OC. The average Bonchev–Trinajstić information content (AvgIpc) is 3.29. The van der Waals surface area contributed by atoms with Gasteiger partial charge in [0.25, 0.3) is 5.91 Å². The number of carbonyl (C=O) groups is 1. The zero-order valence-corrected chi connectivity index (χ0v) is 24.4. The van der Waals surface area contributed by atoms with Crippen LogP contribution in [0.2, 0.25) is 0 Å². The summed E-state index contributed by atoms with van der Waals surface area (Å²) in [5, 5.41) is 22.0. The van der Waals surface area contributed by atoms with Crippen molar-refractivity contribution in [3.05, 3.63) is 35.0 Å². The van der Waals surface area contributed by atoms with E-state index in [2.05, 4.69) is 21.4 Å². The number of sulfone groups is 1. The molecule has 1 fully saturated rings. The molecule has 0 spiro atoms. The smallest absolute Gasteiger partial charge is 0.394 e. The lowest BCUT2D eigenvalue weighted by molar-refractivity contribution is -0.211. The summed E-state index contributed by atoms with van der Waals surface area (Å²) in [5.41, 5.74) is -3.05. The number of nitriles is 2. The molecule has 2 aromatic heterocycles. The third-order valence-electron chi connectivity index (χ3n) is 7.64. The summed E-state index contributed by atoms with van der Waals surface area (Å²) < 4.78 is 70.9. The van der Waals surface area contributed by atoms with Gasteiger partial charge in [-0.1, -0.05) is 20.8 Å². The molecular weight excluding hydrogens is 561 g/mol. The summed E-state index contributed by atoms with van der Waals surface area (Å²) in [4.78, 5) is 21.9. The number of hydrogen-bond acceptors (Lipinski definition) is 8. The van der Waals surface area contributed by atoms with Crippen molar-refractivity contribution < 1.29 is 31.1 Å². The summed E-state index contributed by atoms with van der Waals surface area (Å²) in [7, 11) is -1.91. The fourth-order valence-electron chi connectivity index (χ4n) is 4.93. The van der Waals surface area contributed by atoms with Gasteiger partial charge in [0.15, 0.2) is 23.0 Å². The molecule has 1 N–H and O–H groups in total. The molecule has 3 rings (SSSR count). The van der Waals surface area contributed by atoms with Crippen molar-refractivity contribution >= 4 is 15.7 Å². The average molecular weight is 595 g/mol. The van der Waals surface area contributed by atoms with Crippen LogP contribution >= 0.6 is 0 Å². The van der Waals surface area contributed by atoms with E-state index in [4.69, 9.17) is 4.74 Å². The third-order valence-corrected chi connectivity index (χ3v) is 9.32. The van der Waals surface area contributed by atoms with Gasteiger partial charge in [0.2, 0.25) is 0 Å². The highest BCUT2D eigenvalue weighted by molar-refractivity contribution is 7.91. The van der Waals surface area contributed by atoms with Gasteiger partial charge in [-0.25, -0.2) is 18.4 Å². The van der Waals surface area contributed by atoms with Crippen molar-refractivity contribution in [2.75, 3.05) is 19.9 Å². The van der Waals surface area contributed by atoms with Crippen LogP contribution in [0.1, 0.15) is 74.0 Å². The van der Waals surface area contributed by atoms with Gasteiger partial charge in [-0.05, 0) is 43.7 Å². The molecule has 0 aromatic carbocycles. The van der Waals surface area contributed by atoms with Crippen LogP contribution in [-0.4, -0.2) is 60.2 Å². The van der Waals surface area contributed by atoms with Gasteiger partial charge in [0.1, 0.15) is 21.7 Å². The summed E-state index contributed by atoms with van der Waals surface area (Å²) in [6, 6.07) is 5.61. The second-order valence-corrected chi connectivity index (χ2v) is 13.4. The van der Waals surface area contributed by atoms with Gasteiger partial charge in [0, 0.05) is 25.4 Å². The quantitative estimate of drug-likeness (QED) is 0.456. The predicted molar refractivity (Wildman–Crippen MR) is 143 cm³/mol. The number of pyridine rings is 1. The zero-order valence-electron chi connectivity index (χ0n) is 23.6. The number of rotatable bonds is 9. The number of ether oxygens (including phenoxy) is 1. The normalized spacial score (nSPS) is 19.7. The van der Waals surface area contributed by atoms with Crippen molar-refractivity contribution in [3.8, 4) is 23.7 Å². The van der Waals surface area contributed by atoms with Crippen molar-refractivity contribution in [1.82, 2.24) is 19.9 Å². The molecule has 1 saturated carbocycles. The lowest BCUT2D eigenvalue weighted by atomic mass is 9.75. The van der Waals surface area contributed by atoms with Crippen LogP contribution in [-0.2, 0) is 22.7 Å². The Labute approximate surface area is 237 Å². The molecule has 2 aromatic rings. The minimum absolute atomic E-state index is 0.0523. The van der Waals surface area contributed by atoms with E-state index in [0.29, 0.717) is 31.5 Å². The number of nitrogens with zero attached hydrogens (tertiary/aromatic N) is 5. The fourth-order valence-corrected chi connectivity index (χ4v) is 6.02. The first kappa shape index (κ1) is 31.9. The van der Waals surface area contributed by atoms with Gasteiger partial charge >= 0.3 is 6.18 Å². The van der Waals surface area contributed by atoms with Gasteiger partial charge < -0.3 is 10.1 Å². The van der Waals surface area contributed by atoms with Gasteiger partial charge in [-0.2, -0.15) is 23.7 Å². The van der Waals surface area contributed by atoms with E-state index in [0.717, 1.165) is 13.8 Å². The largest absolute Gasteiger partial charge is 0.493 e. The summed E-state index contributed by atoms with van der Waals surface area (Å²) >= 11 is 0. The van der Waals surface area contributed by atoms with Crippen LogP contribution in [0, 0.1) is 33.5 Å². The van der Waals surface area contributed by atoms with Crippen LogP contribution in [0.15, 0.2) is 12.3 Å². The van der Waals surface area contributed by atoms with E-state index in [-0.39, 0.29) is 47.9 Å². The molecule has 1 aliphatic carbocycles. The number of alkyl halides is 3. The minimum atomic E-state index is -4.44. The maximum absolute atomic E-state index is 13.4. The van der Waals surface area contributed by atoms with E-state index >= 15 is 0 Å². The number of aromatic nitrogens is 3. The van der Waals surface area contributed by atoms with Crippen molar-refractivity contribution in [3.63, 3.8) is 0 Å². The van der Waals surface area contributed by atoms with E-state index in [1.165, 1.54) is 30.2 Å². The van der Waals surface area contributed by atoms with Gasteiger partial charge in [0.05, 0.1) is 29.3 Å². The Kier molecular flexibility index (Phi) is 9.08. The van der Waals surface area contributed by atoms with Crippen molar-refractivity contribution in [1.29, 1.82) is 10.5 Å². The topological polar surface area (TPSA) is 151 Å². The standard InChI is InChI=1S/C27H33F3N6O4S/c1-6-21-35-22(24(37)34-16-26(15-32)9-7-18(8-10-26)41(5,38)39)19(13-31)36(21)23-20(40-4)11-17(14-33-23)12-25(2,3)27(28,29)30/h11,14,18H,6-10,12,16H2,1-5H3,(H,34,37). The van der Waals surface area contributed by atoms with Crippen LogP contribution in [0.5, 0.6) is 5.75 Å². The monoisotopic (exact) mass is 594 g/mol. The minimum Gasteiger partial charge on any atom is -0.493 e. The Bertz CT molecular complexity index is 1490. The summed E-state index contributed by atoms with van der Waals surface area (Å²) in [6.45, 7) is 3.87. The highest BCUT2D eigenvalue weighted by Gasteiger charge is 2.47. The van der Waals surface area contributed by atoms with Crippen molar-refractivity contribution in [2.24, 2.45) is 10.8 Å². The first-order valence-corrected chi connectivity index (χ1v) is 15.0. The molecular formula is C27H33F3N6O4S. The van der Waals surface area contributed by atoms with Crippen LogP contribution in [0.4, 0.5) is 13.2 Å². The Morgan fingerprint density at radius 2 is 1.90 bits per heavy atom. The first-order chi connectivity index (χ1) is 19.0. The number of aryl methyl sites for hydroxylation is 1. The van der Waals surface area contributed by atoms with E-state index < -0.39 is 38.0 Å². The lowest BCUT2D eigenvalue weighted by Gasteiger charge is -2.34. The molecule has 0 aliphatic heterocycles. The Hall–Kier alpha value is -3.65. The molecule has 41 heavy (non-hydrogen) atoms. The number of halogens is 3. The molecule has 0 unspecified atom stereocenters. The molecule has 222 valence electrons. The Balaban J connectivity index is 1.91. The van der Waals surface area contributed by atoms with Crippen LogP contribution in [0.3, 0.4) is 0 Å². The third kappa shape index (κ3) is 6.64. The van der Waals surface area contributed by atoms with Gasteiger partial charge in [-0.15, -0.1) is 0 Å². The molecule has 0 radical (unpaired) electrons. The maximum atomic E-state index is 13.4. The van der Waals surface area contributed by atoms with Crippen LogP contribution in [0.25, 0.3) is 5.82 Å². The highest BCUT2D eigenvalue weighted by Crippen LogP contribution is 2.41. The second kappa shape index (κ2) is 11.7. The second-order valence-electron chi connectivity index (χ2n) is 11.1. The Morgan fingerprint density at radius 1 is 1.27 bits per heavy atom. The number of imidazole rings is 1. The number of hydrogen-bond donors (Lipinski definition) is 1. The number of methoxy groups -OCH3 is 1. The molecule has 0 saturated heterocycles. The molecule has 0 atom stereocenters. The highest BCUT2D eigenvalue weighted by atomic mass is 32.2. The van der Waals surface area contributed by atoms with E-state index in [9.17, 15) is 36.9 Å². The molecule has 1 aliphatic rings. The van der Waals surface area contributed by atoms with Gasteiger partial charge in [-0.3, -0.25) is 9.36 Å². The fraction of sp³-hybridized carbons (Fsp3) is 0.593. The maximum Gasteiger partial charge on any atom is 0.394 e. The summed E-state index contributed by atoms with van der Waals surface area (Å²) in [6.07, 6.45) is -0.866. The lowest BCUT2D eigenvalue weighted by Crippen LogP contribution is -2.41. The molecule has 10 nitrogen and oxygen atoms in total. The zero-order chi connectivity index (χ0) is 30.8. The molecule has 1 amide bonds. The predicted octanol–water partition coefficient (Wildman–Crippen LogP) is 4.07.